The van der Waals surface area contributed by atoms with Gasteiger partial charge in [0.2, 0.25) is 11.8 Å². The molecule has 1 unspecified atom stereocenters. The fourth-order valence-electron chi connectivity index (χ4n) is 6.74. The molecule has 1 saturated heterocycles. The normalized spacial score (nSPS) is 21.3. The van der Waals surface area contributed by atoms with Crippen molar-refractivity contribution < 1.29 is 42.1 Å². The van der Waals surface area contributed by atoms with E-state index in [0.717, 1.165) is 5.56 Å². The van der Waals surface area contributed by atoms with Gasteiger partial charge in [0.25, 0.3) is 15.9 Å². The molecular weight excluding hydrogens is 753 g/mol. The van der Waals surface area contributed by atoms with Gasteiger partial charge in [-0.3, -0.25) is 19.4 Å². The van der Waals surface area contributed by atoms with Crippen LogP contribution in [-0.2, 0) is 29.1 Å². The Hall–Kier alpha value is -6.00. The predicted octanol–water partition coefficient (Wildman–Crippen LogP) is 2.68. The number of aromatic nitrogens is 1. The number of nitrogens with zero attached hydrogens (tertiary/aromatic N) is 3. The second kappa shape index (κ2) is 16.2. The topological polar surface area (TPSA) is 215 Å². The Bertz CT molecular complexity index is 2300. The molecule has 15 nitrogen and oxygen atoms in total. The van der Waals surface area contributed by atoms with Gasteiger partial charge in [0.15, 0.2) is 0 Å². The maximum Gasteiger partial charge on any atom is 0.264 e. The SMILES string of the molecule is C=C[C@@H]1C[C@]1(NC(=O)[C@@H]1C[C@@H](Oc2cc(-c3ccccc3)nc3cc(OC)ccc23)CN1C(=O)C(CN)N=C([O-])OC(C)(C)C)C(=O)NS(=O)(=O)c1ccccc1. The van der Waals surface area contributed by atoms with E-state index in [9.17, 15) is 27.9 Å². The van der Waals surface area contributed by atoms with Crippen molar-refractivity contribution in [2.75, 3.05) is 20.2 Å². The number of hydrogen-bond acceptors (Lipinski definition) is 12. The third-order valence-corrected chi connectivity index (χ3v) is 11.0. The highest BCUT2D eigenvalue weighted by molar-refractivity contribution is 7.90. The first-order valence-corrected chi connectivity index (χ1v) is 19.8. The summed E-state index contributed by atoms with van der Waals surface area (Å²) in [7, 11) is -2.75. The van der Waals surface area contributed by atoms with Crippen LogP contribution in [0.15, 0.2) is 107 Å². The first-order valence-electron chi connectivity index (χ1n) is 18.3. The highest BCUT2D eigenvalue weighted by Gasteiger charge is 2.61. The number of fused-ring (bicyclic) bond motifs is 1. The lowest BCUT2D eigenvalue weighted by Gasteiger charge is -2.31. The number of nitrogens with one attached hydrogen (secondary N) is 2. The van der Waals surface area contributed by atoms with Crippen LogP contribution >= 0.6 is 0 Å². The minimum Gasteiger partial charge on any atom is -0.595 e. The number of benzene rings is 3. The monoisotopic (exact) mass is 797 g/mol. The Morgan fingerprint density at radius 3 is 2.39 bits per heavy atom. The van der Waals surface area contributed by atoms with Crippen LogP contribution in [-0.4, -0.2) is 91.6 Å². The zero-order valence-corrected chi connectivity index (χ0v) is 32.8. The fraction of sp³-hybridized carbons (Fsp3) is 0.341. The summed E-state index contributed by atoms with van der Waals surface area (Å²) in [5, 5.41) is 16.1. The zero-order chi connectivity index (χ0) is 41.1. The molecule has 3 amide bonds. The number of pyridine rings is 1. The number of carbonyl (C=O) groups is 3. The Labute approximate surface area is 331 Å². The molecule has 1 aromatic heterocycles. The molecular formula is C41H45N6O9S-. The van der Waals surface area contributed by atoms with Crippen LogP contribution in [0.1, 0.15) is 33.6 Å². The zero-order valence-electron chi connectivity index (χ0n) is 32.0. The maximum absolute atomic E-state index is 14.4. The number of amides is 3. The molecule has 0 radical (unpaired) electrons. The van der Waals surface area contributed by atoms with E-state index in [4.69, 9.17) is 24.9 Å². The van der Waals surface area contributed by atoms with E-state index >= 15 is 0 Å². The smallest absolute Gasteiger partial charge is 0.264 e. The summed E-state index contributed by atoms with van der Waals surface area (Å²) in [5.74, 6) is -2.07. The lowest BCUT2D eigenvalue weighted by Crippen LogP contribution is -2.57. The highest BCUT2D eigenvalue weighted by Crippen LogP contribution is 2.45. The molecule has 1 aliphatic carbocycles. The van der Waals surface area contributed by atoms with Crippen molar-refractivity contribution in [3.8, 4) is 22.8 Å². The molecule has 3 aromatic carbocycles. The van der Waals surface area contributed by atoms with Gasteiger partial charge in [-0.1, -0.05) is 75.4 Å². The molecule has 2 fully saturated rings. The molecule has 4 aromatic rings. The number of methoxy groups -OCH3 is 1. The van der Waals surface area contributed by atoms with Gasteiger partial charge < -0.3 is 35.3 Å². The fourth-order valence-corrected chi connectivity index (χ4v) is 7.80. The Balaban J connectivity index is 1.33. The summed E-state index contributed by atoms with van der Waals surface area (Å²) >= 11 is 0. The first-order chi connectivity index (χ1) is 27.1. The summed E-state index contributed by atoms with van der Waals surface area (Å²) in [6, 6.07) is 21.2. The van der Waals surface area contributed by atoms with Gasteiger partial charge in [-0.25, -0.2) is 18.1 Å². The molecule has 57 heavy (non-hydrogen) atoms. The number of hydrogen-bond donors (Lipinski definition) is 3. The first kappa shape index (κ1) is 40.7. The van der Waals surface area contributed by atoms with Crippen molar-refractivity contribution in [2.45, 2.75) is 67.8 Å². The van der Waals surface area contributed by atoms with E-state index in [2.05, 4.69) is 21.6 Å². The van der Waals surface area contributed by atoms with Crippen molar-refractivity contribution >= 4 is 44.7 Å². The molecule has 1 saturated carbocycles. The highest BCUT2D eigenvalue weighted by atomic mass is 32.2. The lowest BCUT2D eigenvalue weighted by atomic mass is 10.1. The molecule has 300 valence electrons. The lowest BCUT2D eigenvalue weighted by molar-refractivity contribution is -0.261. The van der Waals surface area contributed by atoms with Gasteiger partial charge in [0.1, 0.15) is 41.3 Å². The third kappa shape index (κ3) is 9.02. The number of rotatable bonds is 13. The molecule has 6 rings (SSSR count). The van der Waals surface area contributed by atoms with Crippen molar-refractivity contribution in [2.24, 2.45) is 16.6 Å². The third-order valence-electron chi connectivity index (χ3n) is 9.69. The average molecular weight is 798 g/mol. The van der Waals surface area contributed by atoms with E-state index in [1.54, 1.807) is 58.2 Å². The van der Waals surface area contributed by atoms with E-state index in [-0.39, 0.29) is 30.8 Å². The summed E-state index contributed by atoms with van der Waals surface area (Å²) in [5.41, 5.74) is 5.40. The van der Waals surface area contributed by atoms with Gasteiger partial charge in [-0.15, -0.1) is 6.58 Å². The molecule has 2 heterocycles. The van der Waals surface area contributed by atoms with Crippen molar-refractivity contribution in [1.29, 1.82) is 0 Å². The molecule has 16 heteroatoms. The van der Waals surface area contributed by atoms with E-state index in [1.807, 2.05) is 30.3 Å². The van der Waals surface area contributed by atoms with E-state index in [0.29, 0.717) is 28.1 Å². The van der Waals surface area contributed by atoms with Gasteiger partial charge in [0.05, 0.1) is 29.8 Å². The summed E-state index contributed by atoms with van der Waals surface area (Å²) in [4.78, 5) is 52.1. The maximum atomic E-state index is 14.4. The van der Waals surface area contributed by atoms with Crippen LogP contribution in [0, 0.1) is 5.92 Å². The quantitative estimate of drug-likeness (QED) is 0.102. The molecule has 5 atom stereocenters. The van der Waals surface area contributed by atoms with Crippen LogP contribution < -0.4 is 30.4 Å². The Kier molecular flexibility index (Phi) is 11.6. The number of nitrogens with two attached hydrogens (primary N) is 1. The van der Waals surface area contributed by atoms with Crippen molar-refractivity contribution in [1.82, 2.24) is 19.9 Å². The molecule has 1 aliphatic heterocycles. The van der Waals surface area contributed by atoms with Crippen LogP contribution in [0.25, 0.3) is 22.2 Å². The Morgan fingerprint density at radius 1 is 1.09 bits per heavy atom. The average Bonchev–Trinajstić information content (AvgIpc) is 3.75. The number of carbonyl (C=O) groups excluding carboxylic acids is 3. The van der Waals surface area contributed by atoms with Crippen molar-refractivity contribution in [3.05, 3.63) is 97.6 Å². The number of likely N-dealkylation sites (tertiary alicyclic amines) is 1. The molecule has 0 bridgehead atoms. The minimum atomic E-state index is -4.29. The summed E-state index contributed by atoms with van der Waals surface area (Å²) in [6.07, 6.45) is -0.336. The number of ether oxygens (including phenoxy) is 3. The molecule has 4 N–H and O–H groups in total. The van der Waals surface area contributed by atoms with E-state index in [1.165, 1.54) is 35.2 Å². The molecule has 2 aliphatic rings. The van der Waals surface area contributed by atoms with Crippen LogP contribution in [0.2, 0.25) is 0 Å². The number of aliphatic imine (C=N–C) groups is 1. The standard InChI is InChI=1S/C41H46N6O9S/c1-6-26-22-41(26,38(50)46-57(52,53)29-15-11-8-12-16-29)45-36(48)34-20-28(24-47(34)37(49)33(23-42)44-39(51)56-40(2,3)4)55-35-21-31(25-13-9-7-10-14-25)43-32-19-27(54-5)17-18-30(32)35/h6-19,21,26,28,33-34H,1,20,22-24,42H2,2-5H3,(H,44,51)(H,45,48)(H,46,50)/p-1/t26-,28-,33?,34+,41-/m1/s1. The van der Waals surface area contributed by atoms with Crippen LogP contribution in [0.4, 0.5) is 0 Å². The predicted molar refractivity (Wildman–Crippen MR) is 210 cm³/mol. The summed E-state index contributed by atoms with van der Waals surface area (Å²) in [6.45, 7) is 8.20. The van der Waals surface area contributed by atoms with Gasteiger partial charge >= 0.3 is 0 Å². The number of sulfonamides is 1. The van der Waals surface area contributed by atoms with E-state index < -0.39 is 69.1 Å². The largest absolute Gasteiger partial charge is 0.595 e. The van der Waals surface area contributed by atoms with Crippen molar-refractivity contribution in [3.63, 3.8) is 0 Å². The van der Waals surface area contributed by atoms with Gasteiger partial charge in [0, 0.05) is 47.6 Å². The summed E-state index contributed by atoms with van der Waals surface area (Å²) < 4.78 is 45.7. The Morgan fingerprint density at radius 2 is 1.77 bits per heavy atom. The second-order valence-electron chi connectivity index (χ2n) is 14.9. The van der Waals surface area contributed by atoms with Gasteiger partial charge in [-0.05, 0) is 30.7 Å². The van der Waals surface area contributed by atoms with Gasteiger partial charge in [-0.2, -0.15) is 0 Å². The second-order valence-corrected chi connectivity index (χ2v) is 16.5. The van der Waals surface area contributed by atoms with Crippen LogP contribution in [0.3, 0.4) is 0 Å². The minimum absolute atomic E-state index is 0.0548. The molecule has 0 spiro atoms. The van der Waals surface area contributed by atoms with Crippen LogP contribution in [0.5, 0.6) is 11.5 Å².